The van der Waals surface area contributed by atoms with Crippen LogP contribution in [0.4, 0.5) is 0 Å². The molecule has 33 heavy (non-hydrogen) atoms. The molecule has 0 aliphatic carbocycles. The smallest absolute Gasteiger partial charge is 0.241 e. The number of aliphatic imine (C=N–C) groups is 1. The third-order valence-electron chi connectivity index (χ3n) is 4.84. The van der Waals surface area contributed by atoms with Crippen molar-refractivity contribution in [3.8, 4) is 5.75 Å². The number of halogens is 1. The van der Waals surface area contributed by atoms with Gasteiger partial charge in [-0.25, -0.2) is 0 Å². The van der Waals surface area contributed by atoms with Crippen molar-refractivity contribution in [1.82, 2.24) is 20.5 Å². The summed E-state index contributed by atoms with van der Waals surface area (Å²) in [5.41, 5.74) is 3.10. The second kappa shape index (κ2) is 16.2. The molecule has 0 aliphatic rings. The fourth-order valence-electron chi connectivity index (χ4n) is 2.94. The van der Waals surface area contributed by atoms with Gasteiger partial charge in [0.15, 0.2) is 5.96 Å². The largest absolute Gasteiger partial charge is 0.491 e. The van der Waals surface area contributed by atoms with E-state index in [9.17, 15) is 4.79 Å². The lowest BCUT2D eigenvalue weighted by Crippen LogP contribution is -2.43. The minimum absolute atomic E-state index is 0. The van der Waals surface area contributed by atoms with E-state index in [-0.39, 0.29) is 36.4 Å². The number of guanidine groups is 1. The lowest BCUT2D eigenvalue weighted by molar-refractivity contribution is -0.128. The van der Waals surface area contributed by atoms with Crippen LogP contribution < -0.4 is 15.4 Å². The molecular weight excluding hydrogens is 533 g/mol. The molecule has 0 bridgehead atoms. The lowest BCUT2D eigenvalue weighted by Gasteiger charge is -2.19. The number of hydrogen-bond acceptors (Lipinski definition) is 5. The molecular formula is C24H36IN5O3. The third-order valence-corrected chi connectivity index (χ3v) is 4.84. The van der Waals surface area contributed by atoms with Gasteiger partial charge in [0.2, 0.25) is 5.91 Å². The van der Waals surface area contributed by atoms with Crippen LogP contribution in [0.3, 0.4) is 0 Å². The van der Waals surface area contributed by atoms with Crippen molar-refractivity contribution in [3.63, 3.8) is 0 Å². The fraction of sp³-hybridized carbons (Fsp3) is 0.458. The van der Waals surface area contributed by atoms with Gasteiger partial charge in [0.1, 0.15) is 12.4 Å². The number of aromatic nitrogens is 1. The molecule has 0 unspecified atom stereocenters. The predicted octanol–water partition coefficient (Wildman–Crippen LogP) is 2.79. The number of rotatable bonds is 12. The summed E-state index contributed by atoms with van der Waals surface area (Å²) in [5, 5.41) is 6.33. The summed E-state index contributed by atoms with van der Waals surface area (Å²) in [6, 6.07) is 11.9. The first kappa shape index (κ1) is 28.6. The standard InChI is InChI=1S/C24H35N5O3.HI/c1-5-31-14-15-32-22-16-19(2)9-10-20(22)17-27-24(25-3)28-18-23(30)29(4)13-11-21-8-6-7-12-26-21;/h6-10,12,16H,5,11,13-15,17-18H2,1-4H3,(H2,25,27,28);1H. The Kier molecular flexibility index (Phi) is 14.1. The summed E-state index contributed by atoms with van der Waals surface area (Å²) in [5.74, 6) is 1.36. The molecule has 0 fully saturated rings. The Balaban J connectivity index is 0.00000544. The molecule has 8 nitrogen and oxygen atoms in total. The topological polar surface area (TPSA) is 88.1 Å². The summed E-state index contributed by atoms with van der Waals surface area (Å²) in [6.07, 6.45) is 2.48. The van der Waals surface area contributed by atoms with E-state index >= 15 is 0 Å². The number of ether oxygens (including phenoxy) is 2. The van der Waals surface area contributed by atoms with Gasteiger partial charge in [0.05, 0.1) is 13.2 Å². The first-order valence-electron chi connectivity index (χ1n) is 10.9. The molecule has 0 saturated heterocycles. The van der Waals surface area contributed by atoms with Gasteiger partial charge in [-0.15, -0.1) is 24.0 Å². The van der Waals surface area contributed by atoms with E-state index < -0.39 is 0 Å². The number of benzene rings is 1. The molecule has 9 heteroatoms. The number of aryl methyl sites for hydroxylation is 1. The second-order valence-corrected chi connectivity index (χ2v) is 7.32. The second-order valence-electron chi connectivity index (χ2n) is 7.32. The molecule has 1 heterocycles. The van der Waals surface area contributed by atoms with Crippen LogP contribution in [-0.4, -0.2) is 68.8 Å². The van der Waals surface area contributed by atoms with Crippen molar-refractivity contribution in [2.45, 2.75) is 26.8 Å². The van der Waals surface area contributed by atoms with Crippen LogP contribution in [0.2, 0.25) is 0 Å². The first-order chi connectivity index (χ1) is 15.5. The van der Waals surface area contributed by atoms with Gasteiger partial charge in [-0.2, -0.15) is 0 Å². The summed E-state index contributed by atoms with van der Waals surface area (Å²) >= 11 is 0. The first-order valence-corrected chi connectivity index (χ1v) is 10.9. The van der Waals surface area contributed by atoms with Crippen LogP contribution in [0.5, 0.6) is 5.75 Å². The van der Waals surface area contributed by atoms with Gasteiger partial charge >= 0.3 is 0 Å². The number of carbonyl (C=O) groups is 1. The zero-order chi connectivity index (χ0) is 23.2. The Hall–Kier alpha value is -2.40. The zero-order valence-corrected chi connectivity index (χ0v) is 22.3. The van der Waals surface area contributed by atoms with Crippen molar-refractivity contribution in [2.75, 3.05) is 47.0 Å². The zero-order valence-electron chi connectivity index (χ0n) is 20.0. The monoisotopic (exact) mass is 569 g/mol. The number of amides is 1. The van der Waals surface area contributed by atoms with Crippen LogP contribution in [0, 0.1) is 6.92 Å². The van der Waals surface area contributed by atoms with Crippen LogP contribution in [0.25, 0.3) is 0 Å². The van der Waals surface area contributed by atoms with Crippen LogP contribution in [0.1, 0.15) is 23.7 Å². The summed E-state index contributed by atoms with van der Waals surface area (Å²) in [7, 11) is 3.47. The number of nitrogens with one attached hydrogen (secondary N) is 2. The van der Waals surface area contributed by atoms with Gasteiger partial charge in [-0.3, -0.25) is 14.8 Å². The average Bonchev–Trinajstić information content (AvgIpc) is 2.81. The van der Waals surface area contributed by atoms with Gasteiger partial charge in [0.25, 0.3) is 0 Å². The fourth-order valence-corrected chi connectivity index (χ4v) is 2.94. The number of nitrogens with zero attached hydrogens (tertiary/aromatic N) is 3. The van der Waals surface area contributed by atoms with E-state index in [2.05, 4.69) is 20.6 Å². The van der Waals surface area contributed by atoms with Crippen molar-refractivity contribution < 1.29 is 14.3 Å². The molecule has 0 spiro atoms. The summed E-state index contributed by atoms with van der Waals surface area (Å²) in [6.45, 7) is 7.00. The maximum absolute atomic E-state index is 12.5. The van der Waals surface area contributed by atoms with E-state index in [0.29, 0.717) is 38.9 Å². The van der Waals surface area contributed by atoms with E-state index in [1.165, 1.54) is 0 Å². The molecule has 1 aromatic carbocycles. The maximum atomic E-state index is 12.5. The van der Waals surface area contributed by atoms with E-state index in [4.69, 9.17) is 9.47 Å². The van der Waals surface area contributed by atoms with Crippen molar-refractivity contribution in [3.05, 3.63) is 59.4 Å². The third kappa shape index (κ3) is 10.8. The van der Waals surface area contributed by atoms with Crippen LogP contribution >= 0.6 is 24.0 Å². The van der Waals surface area contributed by atoms with Gasteiger partial charge in [-0.1, -0.05) is 18.2 Å². The Morgan fingerprint density at radius 2 is 2.00 bits per heavy atom. The molecule has 1 aromatic heterocycles. The van der Waals surface area contributed by atoms with E-state index in [1.807, 2.05) is 50.2 Å². The number of pyridine rings is 1. The van der Waals surface area contributed by atoms with Crippen molar-refractivity contribution >= 4 is 35.8 Å². The molecule has 2 aromatic rings. The Morgan fingerprint density at radius 3 is 2.70 bits per heavy atom. The summed E-state index contributed by atoms with van der Waals surface area (Å²) in [4.78, 5) is 22.6. The van der Waals surface area contributed by atoms with E-state index in [0.717, 1.165) is 29.0 Å². The Morgan fingerprint density at radius 1 is 1.18 bits per heavy atom. The highest BCUT2D eigenvalue weighted by Gasteiger charge is 2.11. The molecule has 182 valence electrons. The summed E-state index contributed by atoms with van der Waals surface area (Å²) < 4.78 is 11.2. The maximum Gasteiger partial charge on any atom is 0.241 e. The molecule has 0 aliphatic heterocycles. The number of likely N-dealkylation sites (N-methyl/N-ethyl adjacent to an activating group) is 1. The number of carbonyl (C=O) groups excluding carboxylic acids is 1. The van der Waals surface area contributed by atoms with Crippen molar-refractivity contribution in [2.24, 2.45) is 4.99 Å². The molecule has 1 amide bonds. The average molecular weight is 569 g/mol. The van der Waals surface area contributed by atoms with Crippen LogP contribution in [-0.2, 0) is 22.5 Å². The lowest BCUT2D eigenvalue weighted by atomic mass is 10.1. The minimum Gasteiger partial charge on any atom is -0.491 e. The van der Waals surface area contributed by atoms with Crippen molar-refractivity contribution in [1.29, 1.82) is 0 Å². The van der Waals surface area contributed by atoms with E-state index in [1.54, 1.807) is 25.2 Å². The molecule has 0 atom stereocenters. The normalized spacial score (nSPS) is 10.8. The highest BCUT2D eigenvalue weighted by atomic mass is 127. The quantitative estimate of drug-likeness (QED) is 0.177. The van der Waals surface area contributed by atoms with Gasteiger partial charge in [0, 0.05) is 57.7 Å². The molecule has 2 rings (SSSR count). The predicted molar refractivity (Wildman–Crippen MR) is 142 cm³/mol. The highest BCUT2D eigenvalue weighted by Crippen LogP contribution is 2.20. The molecule has 0 saturated carbocycles. The molecule has 2 N–H and O–H groups in total. The minimum atomic E-state index is -0.0147. The van der Waals surface area contributed by atoms with Gasteiger partial charge < -0.3 is 25.0 Å². The Bertz CT molecular complexity index is 864. The number of hydrogen-bond donors (Lipinski definition) is 2. The SMILES string of the molecule is CCOCCOc1cc(C)ccc1CNC(=NC)NCC(=O)N(C)CCc1ccccn1.I. The van der Waals surface area contributed by atoms with Gasteiger partial charge in [-0.05, 0) is 37.6 Å². The van der Waals surface area contributed by atoms with Crippen LogP contribution in [0.15, 0.2) is 47.6 Å². The molecule has 0 radical (unpaired) electrons. The highest BCUT2D eigenvalue weighted by molar-refractivity contribution is 14.0. The Labute approximate surface area is 214 Å².